The molecule has 3 heterocycles. The highest BCUT2D eigenvalue weighted by molar-refractivity contribution is 5.80. The maximum Gasteiger partial charge on any atom is 0.222 e. The molecule has 0 spiro atoms. The SMILES string of the molecule is CCC(CCNC(=NC)N1CCC2C(CCCN2Cc2ccccc2)C1)N1CCCC1=O. The van der Waals surface area contributed by atoms with Crippen molar-refractivity contribution in [3.8, 4) is 0 Å². The van der Waals surface area contributed by atoms with Crippen molar-refractivity contribution in [1.82, 2.24) is 20.0 Å². The highest BCUT2D eigenvalue weighted by Gasteiger charge is 2.36. The van der Waals surface area contributed by atoms with Gasteiger partial charge in [-0.25, -0.2) is 0 Å². The van der Waals surface area contributed by atoms with E-state index in [-0.39, 0.29) is 0 Å². The lowest BCUT2D eigenvalue weighted by Crippen LogP contribution is -2.56. The van der Waals surface area contributed by atoms with Crippen LogP contribution in [0.5, 0.6) is 0 Å². The van der Waals surface area contributed by atoms with Gasteiger partial charge in [-0.15, -0.1) is 0 Å². The summed E-state index contributed by atoms with van der Waals surface area (Å²) in [7, 11) is 1.90. The minimum absolute atomic E-state index is 0.334. The fraction of sp³-hybridized carbons (Fsp3) is 0.692. The smallest absolute Gasteiger partial charge is 0.222 e. The summed E-state index contributed by atoms with van der Waals surface area (Å²) in [6, 6.07) is 11.9. The summed E-state index contributed by atoms with van der Waals surface area (Å²) in [5.74, 6) is 2.08. The van der Waals surface area contributed by atoms with Crippen LogP contribution < -0.4 is 5.32 Å². The monoisotopic (exact) mass is 439 g/mol. The number of benzene rings is 1. The van der Waals surface area contributed by atoms with Crippen molar-refractivity contribution in [2.24, 2.45) is 10.9 Å². The predicted octanol–water partition coefficient (Wildman–Crippen LogP) is 3.34. The number of nitrogens with zero attached hydrogens (tertiary/aromatic N) is 4. The van der Waals surface area contributed by atoms with E-state index >= 15 is 0 Å². The molecule has 3 aliphatic heterocycles. The molecule has 3 aliphatic rings. The molecule has 3 atom stereocenters. The van der Waals surface area contributed by atoms with Gasteiger partial charge in [0.05, 0.1) is 0 Å². The average molecular weight is 440 g/mol. The number of guanidine groups is 1. The van der Waals surface area contributed by atoms with Crippen LogP contribution in [-0.2, 0) is 11.3 Å². The lowest BCUT2D eigenvalue weighted by molar-refractivity contribution is -0.129. The Balaban J connectivity index is 1.28. The van der Waals surface area contributed by atoms with Crippen LogP contribution in [-0.4, -0.2) is 78.4 Å². The van der Waals surface area contributed by atoms with Crippen LogP contribution >= 0.6 is 0 Å². The Hall–Kier alpha value is -2.08. The zero-order valence-electron chi connectivity index (χ0n) is 20.0. The molecule has 6 nitrogen and oxygen atoms in total. The van der Waals surface area contributed by atoms with E-state index in [1.54, 1.807) is 0 Å². The topological polar surface area (TPSA) is 51.2 Å². The number of aliphatic imine (C=N–C) groups is 1. The van der Waals surface area contributed by atoms with Crippen molar-refractivity contribution in [2.45, 2.75) is 70.5 Å². The molecule has 176 valence electrons. The minimum atomic E-state index is 0.334. The van der Waals surface area contributed by atoms with Gasteiger partial charge in [0.2, 0.25) is 5.91 Å². The third kappa shape index (κ3) is 5.45. The fourth-order valence-corrected chi connectivity index (χ4v) is 6.03. The molecule has 1 N–H and O–H groups in total. The number of amides is 1. The largest absolute Gasteiger partial charge is 0.356 e. The maximum atomic E-state index is 12.1. The summed E-state index contributed by atoms with van der Waals surface area (Å²) >= 11 is 0. The third-order valence-corrected chi connectivity index (χ3v) is 7.71. The van der Waals surface area contributed by atoms with Gasteiger partial charge in [0, 0.05) is 58.3 Å². The van der Waals surface area contributed by atoms with Crippen molar-refractivity contribution < 1.29 is 4.79 Å². The second kappa shape index (κ2) is 11.2. The molecule has 32 heavy (non-hydrogen) atoms. The normalized spacial score (nSPS) is 25.7. The fourth-order valence-electron chi connectivity index (χ4n) is 6.03. The number of piperidine rings is 2. The number of carbonyl (C=O) groups excluding carboxylic acids is 1. The molecule has 3 fully saturated rings. The van der Waals surface area contributed by atoms with Gasteiger partial charge < -0.3 is 15.1 Å². The van der Waals surface area contributed by atoms with Crippen LogP contribution in [0.4, 0.5) is 0 Å². The Labute approximate surface area is 194 Å². The molecular weight excluding hydrogens is 398 g/mol. The highest BCUT2D eigenvalue weighted by Crippen LogP contribution is 2.31. The van der Waals surface area contributed by atoms with Crippen LogP contribution in [0.25, 0.3) is 0 Å². The van der Waals surface area contributed by atoms with Gasteiger partial charge in [-0.05, 0) is 56.6 Å². The average Bonchev–Trinajstić information content (AvgIpc) is 3.25. The Bertz CT molecular complexity index is 767. The zero-order chi connectivity index (χ0) is 22.3. The molecular formula is C26H41N5O. The summed E-state index contributed by atoms with van der Waals surface area (Å²) in [6.07, 6.45) is 7.57. The van der Waals surface area contributed by atoms with Crippen molar-refractivity contribution >= 4 is 11.9 Å². The van der Waals surface area contributed by atoms with E-state index in [4.69, 9.17) is 0 Å². The van der Waals surface area contributed by atoms with E-state index in [1.165, 1.54) is 31.4 Å². The van der Waals surface area contributed by atoms with Crippen LogP contribution in [0, 0.1) is 5.92 Å². The van der Waals surface area contributed by atoms with E-state index in [1.807, 2.05) is 7.05 Å². The lowest BCUT2D eigenvalue weighted by atomic mass is 9.83. The molecule has 1 amide bonds. The highest BCUT2D eigenvalue weighted by atomic mass is 16.2. The van der Waals surface area contributed by atoms with Gasteiger partial charge >= 0.3 is 0 Å². The van der Waals surface area contributed by atoms with Gasteiger partial charge in [-0.1, -0.05) is 37.3 Å². The quantitative estimate of drug-likeness (QED) is 0.523. The maximum absolute atomic E-state index is 12.1. The van der Waals surface area contributed by atoms with Crippen molar-refractivity contribution in [1.29, 1.82) is 0 Å². The predicted molar refractivity (Wildman–Crippen MR) is 131 cm³/mol. The number of hydrogen-bond acceptors (Lipinski definition) is 3. The molecule has 0 radical (unpaired) electrons. The van der Waals surface area contributed by atoms with Crippen molar-refractivity contribution in [3.63, 3.8) is 0 Å². The van der Waals surface area contributed by atoms with Gasteiger partial charge in [0.15, 0.2) is 5.96 Å². The Kier molecular flexibility index (Phi) is 8.06. The number of rotatable bonds is 7. The van der Waals surface area contributed by atoms with Gasteiger partial charge in [0.25, 0.3) is 0 Å². The number of carbonyl (C=O) groups is 1. The molecule has 3 unspecified atom stereocenters. The first-order valence-corrected chi connectivity index (χ1v) is 12.7. The Morgan fingerprint density at radius 2 is 2.00 bits per heavy atom. The molecule has 6 heteroatoms. The molecule has 4 rings (SSSR count). The summed E-state index contributed by atoms with van der Waals surface area (Å²) < 4.78 is 0. The van der Waals surface area contributed by atoms with Crippen LogP contribution in [0.15, 0.2) is 35.3 Å². The number of likely N-dealkylation sites (tertiary alicyclic amines) is 3. The van der Waals surface area contributed by atoms with Crippen LogP contribution in [0.2, 0.25) is 0 Å². The molecule has 0 aliphatic carbocycles. The summed E-state index contributed by atoms with van der Waals surface area (Å²) in [5, 5.41) is 3.61. The number of nitrogens with one attached hydrogen (secondary N) is 1. The van der Waals surface area contributed by atoms with E-state index < -0.39 is 0 Å². The first-order chi connectivity index (χ1) is 15.7. The number of hydrogen-bond donors (Lipinski definition) is 1. The second-order valence-electron chi connectivity index (χ2n) is 9.68. The first kappa shape index (κ1) is 23.1. The van der Waals surface area contributed by atoms with Crippen LogP contribution in [0.3, 0.4) is 0 Å². The standard InChI is InChI=1S/C26H41N5O/c1-3-23(31-17-8-12-25(31)32)13-15-28-26(27-2)30-18-14-24-22(20-30)11-7-16-29(24)19-21-9-5-4-6-10-21/h4-6,9-10,22-24H,3,7-8,11-20H2,1-2H3,(H,27,28). The third-order valence-electron chi connectivity index (χ3n) is 7.71. The van der Waals surface area contributed by atoms with E-state index in [9.17, 15) is 4.79 Å². The molecule has 0 saturated carbocycles. The molecule has 1 aromatic carbocycles. The molecule has 3 saturated heterocycles. The molecule has 0 bridgehead atoms. The Morgan fingerprint density at radius 1 is 1.16 bits per heavy atom. The second-order valence-corrected chi connectivity index (χ2v) is 9.68. The van der Waals surface area contributed by atoms with Crippen molar-refractivity contribution in [2.75, 3.05) is 39.8 Å². The first-order valence-electron chi connectivity index (χ1n) is 12.7. The molecule has 0 aromatic heterocycles. The van der Waals surface area contributed by atoms with Gasteiger partial charge in [-0.3, -0.25) is 14.7 Å². The number of fused-ring (bicyclic) bond motifs is 1. The van der Waals surface area contributed by atoms with E-state index in [2.05, 4.69) is 62.3 Å². The summed E-state index contributed by atoms with van der Waals surface area (Å²) in [4.78, 5) is 24.0. The van der Waals surface area contributed by atoms with Gasteiger partial charge in [0.1, 0.15) is 0 Å². The van der Waals surface area contributed by atoms with Crippen LogP contribution in [0.1, 0.15) is 57.4 Å². The van der Waals surface area contributed by atoms with E-state index in [0.29, 0.717) is 23.9 Å². The zero-order valence-corrected chi connectivity index (χ0v) is 20.0. The minimum Gasteiger partial charge on any atom is -0.356 e. The van der Waals surface area contributed by atoms with Crippen molar-refractivity contribution in [3.05, 3.63) is 35.9 Å². The van der Waals surface area contributed by atoms with Gasteiger partial charge in [-0.2, -0.15) is 0 Å². The molecule has 1 aromatic rings. The summed E-state index contributed by atoms with van der Waals surface area (Å²) in [6.45, 7) is 8.45. The summed E-state index contributed by atoms with van der Waals surface area (Å²) in [5.41, 5.74) is 1.43. The Morgan fingerprint density at radius 3 is 2.72 bits per heavy atom. The van der Waals surface area contributed by atoms with E-state index in [0.717, 1.165) is 64.4 Å². The lowest BCUT2D eigenvalue weighted by Gasteiger charge is -2.48.